The Morgan fingerprint density at radius 2 is 2.40 bits per heavy atom. The summed E-state index contributed by atoms with van der Waals surface area (Å²) in [4.78, 5) is 28.4. The maximum atomic E-state index is 11.9. The van der Waals surface area contributed by atoms with Crippen LogP contribution in [0.2, 0.25) is 0 Å². The zero-order valence-corrected chi connectivity index (χ0v) is 11.3. The van der Waals surface area contributed by atoms with Gasteiger partial charge in [0.25, 0.3) is 5.56 Å². The topological polar surface area (TPSA) is 73.8 Å². The van der Waals surface area contributed by atoms with Gasteiger partial charge >= 0.3 is 5.97 Å². The van der Waals surface area contributed by atoms with Crippen molar-refractivity contribution in [2.45, 2.75) is 13.5 Å². The Balaban J connectivity index is 1.81. The monoisotopic (exact) mass is 290 g/mol. The second-order valence-electron chi connectivity index (χ2n) is 4.13. The van der Waals surface area contributed by atoms with Gasteiger partial charge in [-0.3, -0.25) is 9.20 Å². The summed E-state index contributed by atoms with van der Waals surface area (Å²) in [6.07, 6.45) is 1.39. The molecule has 3 rings (SSSR count). The fraction of sp³-hybridized carbons (Fsp3) is 0.154. The Hall–Kier alpha value is -2.41. The van der Waals surface area contributed by atoms with Crippen LogP contribution in [0.1, 0.15) is 21.9 Å². The minimum absolute atomic E-state index is 0.0672. The number of carbonyl (C=O) groups is 1. The highest BCUT2D eigenvalue weighted by Crippen LogP contribution is 2.12. The van der Waals surface area contributed by atoms with Crippen molar-refractivity contribution in [1.29, 1.82) is 0 Å². The molecule has 0 bridgehead atoms. The molecule has 7 heteroatoms. The first-order chi connectivity index (χ1) is 9.65. The minimum atomic E-state index is -0.584. The second kappa shape index (κ2) is 4.93. The van der Waals surface area contributed by atoms with Crippen molar-refractivity contribution in [3.8, 4) is 0 Å². The van der Waals surface area contributed by atoms with Crippen LogP contribution in [0.25, 0.3) is 4.96 Å². The van der Waals surface area contributed by atoms with Crippen molar-refractivity contribution < 1.29 is 13.9 Å². The van der Waals surface area contributed by atoms with Crippen LogP contribution in [-0.4, -0.2) is 15.4 Å². The van der Waals surface area contributed by atoms with Crippen LogP contribution in [0, 0.1) is 6.92 Å². The first-order valence-electron chi connectivity index (χ1n) is 5.82. The standard InChI is InChI=1S/C13H10N2O4S/c1-8-7-20-13-14-9(5-11(16)15(8)13)6-19-12(17)10-3-2-4-18-10/h2-5,7H,6H2,1H3. The van der Waals surface area contributed by atoms with E-state index in [1.807, 2.05) is 12.3 Å². The maximum absolute atomic E-state index is 11.9. The number of fused-ring (bicyclic) bond motifs is 1. The number of hydrogen-bond acceptors (Lipinski definition) is 6. The molecular formula is C13H10N2O4S. The van der Waals surface area contributed by atoms with Crippen LogP contribution in [0.15, 0.2) is 39.1 Å². The molecule has 0 N–H and O–H groups in total. The van der Waals surface area contributed by atoms with Crippen molar-refractivity contribution in [2.24, 2.45) is 0 Å². The van der Waals surface area contributed by atoms with Gasteiger partial charge in [0.05, 0.1) is 12.0 Å². The number of ether oxygens (including phenoxy) is 1. The van der Waals surface area contributed by atoms with E-state index in [-0.39, 0.29) is 17.9 Å². The third-order valence-electron chi connectivity index (χ3n) is 2.70. The number of aromatic nitrogens is 2. The highest BCUT2D eigenvalue weighted by molar-refractivity contribution is 7.15. The zero-order valence-electron chi connectivity index (χ0n) is 10.5. The van der Waals surface area contributed by atoms with Gasteiger partial charge in [-0.15, -0.1) is 11.3 Å². The Bertz CT molecular complexity index is 817. The molecule has 0 aromatic carbocycles. The lowest BCUT2D eigenvalue weighted by Gasteiger charge is -2.03. The van der Waals surface area contributed by atoms with Crippen molar-refractivity contribution in [1.82, 2.24) is 9.38 Å². The summed E-state index contributed by atoms with van der Waals surface area (Å²) in [6.45, 7) is 1.77. The number of rotatable bonds is 3. The molecule has 0 atom stereocenters. The van der Waals surface area contributed by atoms with Crippen molar-refractivity contribution in [3.63, 3.8) is 0 Å². The second-order valence-corrected chi connectivity index (χ2v) is 4.97. The molecule has 6 nitrogen and oxygen atoms in total. The quantitative estimate of drug-likeness (QED) is 0.690. The Kier molecular flexibility index (Phi) is 3.11. The van der Waals surface area contributed by atoms with E-state index in [4.69, 9.17) is 9.15 Å². The number of hydrogen-bond donors (Lipinski definition) is 0. The number of esters is 1. The van der Waals surface area contributed by atoms with Crippen LogP contribution in [0.4, 0.5) is 0 Å². The molecule has 3 heterocycles. The van der Waals surface area contributed by atoms with E-state index in [0.717, 1.165) is 5.69 Å². The molecule has 102 valence electrons. The third-order valence-corrected chi connectivity index (χ3v) is 3.65. The third kappa shape index (κ3) is 2.23. The molecule has 3 aromatic heterocycles. The van der Waals surface area contributed by atoms with Crippen molar-refractivity contribution in [2.75, 3.05) is 0 Å². The lowest BCUT2D eigenvalue weighted by molar-refractivity contribution is 0.0431. The molecule has 0 aliphatic heterocycles. The van der Waals surface area contributed by atoms with Gasteiger partial charge in [-0.2, -0.15) is 0 Å². The van der Waals surface area contributed by atoms with E-state index in [2.05, 4.69) is 4.98 Å². The van der Waals surface area contributed by atoms with Crippen molar-refractivity contribution >= 4 is 22.3 Å². The fourth-order valence-electron chi connectivity index (χ4n) is 1.78. The number of furan rings is 1. The minimum Gasteiger partial charge on any atom is -0.457 e. The molecule has 0 fully saturated rings. The first-order valence-corrected chi connectivity index (χ1v) is 6.70. The molecule has 20 heavy (non-hydrogen) atoms. The van der Waals surface area contributed by atoms with Gasteiger partial charge in [-0.25, -0.2) is 9.78 Å². The highest BCUT2D eigenvalue weighted by Gasteiger charge is 2.12. The molecular weight excluding hydrogens is 280 g/mol. The average Bonchev–Trinajstić information content (AvgIpc) is 3.06. The summed E-state index contributed by atoms with van der Waals surface area (Å²) >= 11 is 1.37. The summed E-state index contributed by atoms with van der Waals surface area (Å²) in [5.41, 5.74) is 1.07. The Morgan fingerprint density at radius 3 is 3.15 bits per heavy atom. The fourth-order valence-corrected chi connectivity index (χ4v) is 2.67. The zero-order chi connectivity index (χ0) is 14.1. The van der Waals surface area contributed by atoms with Gasteiger partial charge < -0.3 is 9.15 Å². The van der Waals surface area contributed by atoms with Crippen molar-refractivity contribution in [3.05, 3.63) is 57.3 Å². The molecule has 0 aliphatic rings. The number of aryl methyl sites for hydroxylation is 1. The molecule has 0 unspecified atom stereocenters. The van der Waals surface area contributed by atoms with Gasteiger partial charge in [0.1, 0.15) is 6.61 Å². The number of thiazole rings is 1. The first kappa shape index (κ1) is 12.6. The summed E-state index contributed by atoms with van der Waals surface area (Å²) in [5, 5.41) is 1.85. The van der Waals surface area contributed by atoms with Crippen LogP contribution in [-0.2, 0) is 11.3 Å². The van der Waals surface area contributed by atoms with E-state index < -0.39 is 5.97 Å². The summed E-state index contributed by atoms with van der Waals surface area (Å²) < 4.78 is 11.5. The van der Waals surface area contributed by atoms with Crippen LogP contribution in [0.5, 0.6) is 0 Å². The van der Waals surface area contributed by atoms with E-state index in [0.29, 0.717) is 10.7 Å². The lowest BCUT2D eigenvalue weighted by Crippen LogP contribution is -2.16. The van der Waals surface area contributed by atoms with Gasteiger partial charge in [0.15, 0.2) is 4.96 Å². The Labute approximate surface area is 117 Å². The lowest BCUT2D eigenvalue weighted by atomic mass is 10.4. The van der Waals surface area contributed by atoms with E-state index >= 15 is 0 Å². The SMILES string of the molecule is Cc1csc2nc(COC(=O)c3ccco3)cc(=O)n12. The average molecular weight is 290 g/mol. The van der Waals surface area contributed by atoms with Crippen LogP contribution >= 0.6 is 11.3 Å². The van der Waals surface area contributed by atoms with Crippen LogP contribution in [0.3, 0.4) is 0 Å². The van der Waals surface area contributed by atoms with Gasteiger partial charge in [-0.1, -0.05) is 0 Å². The molecule has 0 saturated carbocycles. The summed E-state index contributed by atoms with van der Waals surface area (Å²) in [7, 11) is 0. The van der Waals surface area contributed by atoms with E-state index in [1.165, 1.54) is 34.1 Å². The van der Waals surface area contributed by atoms with E-state index in [9.17, 15) is 9.59 Å². The summed E-state index contributed by atoms with van der Waals surface area (Å²) in [5.74, 6) is -0.464. The molecule has 0 radical (unpaired) electrons. The highest BCUT2D eigenvalue weighted by atomic mass is 32.1. The van der Waals surface area contributed by atoms with Gasteiger partial charge in [0, 0.05) is 17.1 Å². The van der Waals surface area contributed by atoms with Gasteiger partial charge in [-0.05, 0) is 19.1 Å². The number of carbonyl (C=O) groups excluding carboxylic acids is 1. The molecule has 0 aliphatic carbocycles. The predicted octanol–water partition coefficient (Wildman–Crippen LogP) is 2.01. The predicted molar refractivity (Wildman–Crippen MR) is 71.9 cm³/mol. The van der Waals surface area contributed by atoms with Gasteiger partial charge in [0.2, 0.25) is 5.76 Å². The normalized spacial score (nSPS) is 10.8. The molecule has 0 amide bonds. The van der Waals surface area contributed by atoms with E-state index in [1.54, 1.807) is 6.07 Å². The Morgan fingerprint density at radius 1 is 1.55 bits per heavy atom. The maximum Gasteiger partial charge on any atom is 0.374 e. The smallest absolute Gasteiger partial charge is 0.374 e. The number of nitrogens with zero attached hydrogens (tertiary/aromatic N) is 2. The largest absolute Gasteiger partial charge is 0.457 e. The summed E-state index contributed by atoms with van der Waals surface area (Å²) in [6, 6.07) is 4.47. The van der Waals surface area contributed by atoms with Crippen LogP contribution < -0.4 is 5.56 Å². The molecule has 0 saturated heterocycles. The molecule has 3 aromatic rings. The molecule has 0 spiro atoms.